The third-order valence-corrected chi connectivity index (χ3v) is 4.23. The lowest BCUT2D eigenvalue weighted by Crippen LogP contribution is -2.41. The van der Waals surface area contributed by atoms with Gasteiger partial charge in [0, 0.05) is 18.1 Å². The molecule has 0 saturated carbocycles. The van der Waals surface area contributed by atoms with Crippen molar-refractivity contribution in [2.45, 2.75) is 45.8 Å². The number of nitrogens with one attached hydrogen (secondary N) is 1. The Labute approximate surface area is 141 Å². The molecule has 1 N–H and O–H groups in total. The van der Waals surface area contributed by atoms with Crippen LogP contribution >= 0.6 is 0 Å². The highest BCUT2D eigenvalue weighted by Gasteiger charge is 2.32. The fourth-order valence-electron chi connectivity index (χ4n) is 2.99. The summed E-state index contributed by atoms with van der Waals surface area (Å²) >= 11 is 0. The maximum absolute atomic E-state index is 12.3. The van der Waals surface area contributed by atoms with Crippen LogP contribution in [0.4, 0.5) is 0 Å². The van der Waals surface area contributed by atoms with Gasteiger partial charge < -0.3 is 14.6 Å². The highest BCUT2D eigenvalue weighted by Crippen LogP contribution is 2.28. The minimum absolute atomic E-state index is 0.0154. The van der Waals surface area contributed by atoms with E-state index in [1.165, 1.54) is 0 Å². The van der Waals surface area contributed by atoms with E-state index in [1.54, 1.807) is 0 Å². The van der Waals surface area contributed by atoms with Gasteiger partial charge in [-0.1, -0.05) is 28.9 Å². The summed E-state index contributed by atoms with van der Waals surface area (Å²) in [6.07, 6.45) is 1.46. The van der Waals surface area contributed by atoms with Gasteiger partial charge in [-0.2, -0.15) is 4.98 Å². The molecule has 1 aliphatic heterocycles. The molecule has 6 nitrogen and oxygen atoms in total. The zero-order chi connectivity index (χ0) is 17.2. The monoisotopic (exact) mass is 329 g/mol. The normalized spacial score (nSPS) is 19.9. The van der Waals surface area contributed by atoms with Crippen LogP contribution in [0.15, 0.2) is 28.8 Å². The van der Waals surface area contributed by atoms with Gasteiger partial charge in [-0.3, -0.25) is 4.79 Å². The molecule has 0 aliphatic carbocycles. The zero-order valence-electron chi connectivity index (χ0n) is 14.3. The van der Waals surface area contributed by atoms with Gasteiger partial charge >= 0.3 is 0 Å². The van der Waals surface area contributed by atoms with Crippen LogP contribution in [0.3, 0.4) is 0 Å². The molecule has 6 heteroatoms. The summed E-state index contributed by atoms with van der Waals surface area (Å²) in [5, 5.41) is 6.88. The second-order valence-electron chi connectivity index (χ2n) is 6.90. The summed E-state index contributed by atoms with van der Waals surface area (Å²) in [5.74, 6) is 0.927. The predicted molar refractivity (Wildman–Crippen MR) is 89.1 cm³/mol. The summed E-state index contributed by atoms with van der Waals surface area (Å²) in [6, 6.07) is 7.90. The topological polar surface area (TPSA) is 77.2 Å². The Morgan fingerprint density at radius 1 is 1.42 bits per heavy atom. The standard InChI is InChI=1S/C18H23N3O3/c1-12-5-4-6-13(9-12)16-20-15(24-21-16)11-19-17(22)14-7-8-23-18(2,3)10-14/h4-6,9,14H,7-8,10-11H2,1-3H3,(H,19,22). The Morgan fingerprint density at radius 2 is 2.25 bits per heavy atom. The van der Waals surface area contributed by atoms with E-state index in [0.717, 1.165) is 24.0 Å². The molecule has 3 rings (SSSR count). The maximum Gasteiger partial charge on any atom is 0.246 e. The molecule has 1 fully saturated rings. The van der Waals surface area contributed by atoms with Crippen LogP contribution in [0.1, 0.15) is 38.1 Å². The number of carbonyl (C=O) groups is 1. The summed E-state index contributed by atoms with van der Waals surface area (Å²) in [5.41, 5.74) is 1.79. The van der Waals surface area contributed by atoms with Crippen molar-refractivity contribution in [3.63, 3.8) is 0 Å². The minimum Gasteiger partial charge on any atom is -0.376 e. The number of benzene rings is 1. The summed E-state index contributed by atoms with van der Waals surface area (Å²) in [6.45, 7) is 6.90. The molecule has 1 aliphatic rings. The number of aryl methyl sites for hydroxylation is 1. The number of rotatable bonds is 4. The van der Waals surface area contributed by atoms with E-state index in [4.69, 9.17) is 9.26 Å². The van der Waals surface area contributed by atoms with Crippen molar-refractivity contribution in [2.75, 3.05) is 6.61 Å². The maximum atomic E-state index is 12.3. The van der Waals surface area contributed by atoms with Gasteiger partial charge in [0.1, 0.15) is 0 Å². The lowest BCUT2D eigenvalue weighted by molar-refractivity contribution is -0.135. The van der Waals surface area contributed by atoms with Gasteiger partial charge in [0.15, 0.2) is 0 Å². The molecule has 1 unspecified atom stereocenters. The summed E-state index contributed by atoms with van der Waals surface area (Å²) in [4.78, 5) is 16.7. The van der Waals surface area contributed by atoms with E-state index < -0.39 is 0 Å². The van der Waals surface area contributed by atoms with Crippen LogP contribution < -0.4 is 5.32 Å². The molecule has 0 bridgehead atoms. The fourth-order valence-corrected chi connectivity index (χ4v) is 2.99. The highest BCUT2D eigenvalue weighted by atomic mass is 16.5. The van der Waals surface area contributed by atoms with E-state index in [-0.39, 0.29) is 24.0 Å². The van der Waals surface area contributed by atoms with Gasteiger partial charge in [-0.05, 0) is 39.7 Å². The van der Waals surface area contributed by atoms with E-state index >= 15 is 0 Å². The molecular formula is C18H23N3O3. The molecule has 128 valence electrons. The number of amides is 1. The van der Waals surface area contributed by atoms with Gasteiger partial charge in [-0.25, -0.2) is 0 Å². The number of carbonyl (C=O) groups excluding carboxylic acids is 1. The van der Waals surface area contributed by atoms with Crippen molar-refractivity contribution in [1.29, 1.82) is 0 Å². The van der Waals surface area contributed by atoms with E-state index in [9.17, 15) is 4.79 Å². The Bertz CT molecular complexity index is 724. The Hall–Kier alpha value is -2.21. The lowest BCUT2D eigenvalue weighted by Gasteiger charge is -2.34. The van der Waals surface area contributed by atoms with Crippen LogP contribution in [-0.2, 0) is 16.1 Å². The second-order valence-corrected chi connectivity index (χ2v) is 6.90. The quantitative estimate of drug-likeness (QED) is 0.933. The predicted octanol–water partition coefficient (Wildman–Crippen LogP) is 2.87. The van der Waals surface area contributed by atoms with Gasteiger partial charge in [0.05, 0.1) is 12.1 Å². The highest BCUT2D eigenvalue weighted by molar-refractivity contribution is 5.78. The van der Waals surface area contributed by atoms with Gasteiger partial charge in [-0.15, -0.1) is 0 Å². The molecular weight excluding hydrogens is 306 g/mol. The van der Waals surface area contributed by atoms with E-state index in [2.05, 4.69) is 15.5 Å². The fraction of sp³-hybridized carbons (Fsp3) is 0.500. The average Bonchev–Trinajstić information content (AvgIpc) is 3.00. The van der Waals surface area contributed by atoms with Crippen molar-refractivity contribution in [1.82, 2.24) is 15.5 Å². The van der Waals surface area contributed by atoms with Crippen LogP contribution in [0.25, 0.3) is 11.4 Å². The third-order valence-electron chi connectivity index (χ3n) is 4.23. The van der Waals surface area contributed by atoms with Gasteiger partial charge in [0.25, 0.3) is 0 Å². The van der Waals surface area contributed by atoms with Crippen molar-refractivity contribution >= 4 is 5.91 Å². The van der Waals surface area contributed by atoms with Crippen LogP contribution in [0.5, 0.6) is 0 Å². The molecule has 24 heavy (non-hydrogen) atoms. The van der Waals surface area contributed by atoms with E-state index in [0.29, 0.717) is 18.3 Å². The van der Waals surface area contributed by atoms with E-state index in [1.807, 2.05) is 45.0 Å². The first kappa shape index (κ1) is 16.6. The summed E-state index contributed by atoms with van der Waals surface area (Å²) in [7, 11) is 0. The molecule has 2 heterocycles. The van der Waals surface area contributed by atoms with Crippen molar-refractivity contribution in [3.8, 4) is 11.4 Å². The number of ether oxygens (including phenoxy) is 1. The molecule has 2 aromatic rings. The first-order valence-electron chi connectivity index (χ1n) is 8.24. The lowest BCUT2D eigenvalue weighted by atomic mass is 9.88. The van der Waals surface area contributed by atoms with Crippen LogP contribution in [0.2, 0.25) is 0 Å². The first-order chi connectivity index (χ1) is 11.4. The largest absolute Gasteiger partial charge is 0.376 e. The molecule has 1 aromatic heterocycles. The smallest absolute Gasteiger partial charge is 0.246 e. The average molecular weight is 329 g/mol. The number of hydrogen-bond acceptors (Lipinski definition) is 5. The van der Waals surface area contributed by atoms with Crippen LogP contribution in [0, 0.1) is 12.8 Å². The molecule has 0 spiro atoms. The first-order valence-corrected chi connectivity index (χ1v) is 8.24. The van der Waals surface area contributed by atoms with Crippen LogP contribution in [-0.4, -0.2) is 28.3 Å². The SMILES string of the molecule is Cc1cccc(-c2noc(CNC(=O)C3CCOC(C)(C)C3)n2)c1. The number of aromatic nitrogens is 2. The Morgan fingerprint density at radius 3 is 3.00 bits per heavy atom. The zero-order valence-corrected chi connectivity index (χ0v) is 14.3. The molecule has 1 amide bonds. The van der Waals surface area contributed by atoms with Gasteiger partial charge in [0.2, 0.25) is 17.6 Å². The Balaban J connectivity index is 1.58. The van der Waals surface area contributed by atoms with Crippen molar-refractivity contribution in [2.24, 2.45) is 5.92 Å². The molecule has 0 radical (unpaired) electrons. The summed E-state index contributed by atoms with van der Waals surface area (Å²) < 4.78 is 10.9. The Kier molecular flexibility index (Phi) is 4.66. The third kappa shape index (κ3) is 4.00. The minimum atomic E-state index is -0.247. The van der Waals surface area contributed by atoms with Crippen molar-refractivity contribution < 1.29 is 14.1 Å². The second kappa shape index (κ2) is 6.73. The van der Waals surface area contributed by atoms with Crippen molar-refractivity contribution in [3.05, 3.63) is 35.7 Å². The number of hydrogen-bond donors (Lipinski definition) is 1. The molecule has 1 atom stereocenters. The molecule has 1 aromatic carbocycles. The molecule has 1 saturated heterocycles. The number of nitrogens with zero attached hydrogens (tertiary/aromatic N) is 2.